The lowest BCUT2D eigenvalue weighted by molar-refractivity contribution is 0.257. The van der Waals surface area contributed by atoms with Crippen LogP contribution >= 0.6 is 11.5 Å². The van der Waals surface area contributed by atoms with Crippen LogP contribution in [0.4, 0.5) is 0 Å². The molecule has 4 heteroatoms. The van der Waals surface area contributed by atoms with Gasteiger partial charge in [0.05, 0.1) is 0 Å². The fourth-order valence-corrected chi connectivity index (χ4v) is 2.59. The Morgan fingerprint density at radius 2 is 2.07 bits per heavy atom. The van der Waals surface area contributed by atoms with E-state index in [2.05, 4.69) is 26.5 Å². The molecule has 1 fully saturated rings. The lowest BCUT2D eigenvalue weighted by Crippen LogP contribution is -2.30. The number of rotatable bonds is 3. The molecule has 0 atom stereocenters. The summed E-state index contributed by atoms with van der Waals surface area (Å²) in [7, 11) is 0. The van der Waals surface area contributed by atoms with Crippen molar-refractivity contribution in [2.24, 2.45) is 0 Å². The van der Waals surface area contributed by atoms with Crippen molar-refractivity contribution in [1.82, 2.24) is 14.2 Å². The second kappa shape index (κ2) is 5.58. The molecular weight excluding hydrogens is 206 g/mol. The van der Waals surface area contributed by atoms with Crippen molar-refractivity contribution in [1.29, 1.82) is 0 Å². The molecule has 3 nitrogen and oxygen atoms in total. The Morgan fingerprint density at radius 3 is 2.80 bits per heavy atom. The van der Waals surface area contributed by atoms with Gasteiger partial charge in [0.15, 0.2) is 0 Å². The highest BCUT2D eigenvalue weighted by molar-refractivity contribution is 7.03. The van der Waals surface area contributed by atoms with Gasteiger partial charge in [-0.3, -0.25) is 4.90 Å². The molecule has 0 bridgehead atoms. The first-order chi connectivity index (χ1) is 7.38. The Bertz CT molecular complexity index is 273. The molecule has 0 radical (unpaired) electrons. The molecule has 2 heterocycles. The molecule has 1 aliphatic rings. The zero-order valence-corrected chi connectivity index (χ0v) is 10.2. The summed E-state index contributed by atoms with van der Waals surface area (Å²) in [5.74, 6) is 0. The second-order valence-electron chi connectivity index (χ2n) is 4.10. The standard InChI is InChI=1S/C11H19N3S/c1-2-13-4-3-5-14(7-6-13)9-11-8-12-15-10-11/h8,10H,2-7,9H2,1H3. The van der Waals surface area contributed by atoms with Crippen LogP contribution in [0.5, 0.6) is 0 Å². The van der Waals surface area contributed by atoms with Crippen molar-refractivity contribution in [3.05, 3.63) is 17.1 Å². The Labute approximate surface area is 95.9 Å². The Morgan fingerprint density at radius 1 is 1.27 bits per heavy atom. The van der Waals surface area contributed by atoms with E-state index < -0.39 is 0 Å². The highest BCUT2D eigenvalue weighted by atomic mass is 32.1. The number of hydrogen-bond donors (Lipinski definition) is 0. The lowest BCUT2D eigenvalue weighted by Gasteiger charge is -2.20. The zero-order valence-electron chi connectivity index (χ0n) is 9.35. The second-order valence-corrected chi connectivity index (χ2v) is 4.75. The highest BCUT2D eigenvalue weighted by Gasteiger charge is 2.13. The maximum atomic E-state index is 4.15. The van der Waals surface area contributed by atoms with Gasteiger partial charge < -0.3 is 4.90 Å². The van der Waals surface area contributed by atoms with Gasteiger partial charge >= 0.3 is 0 Å². The molecule has 0 unspecified atom stereocenters. The van der Waals surface area contributed by atoms with Gasteiger partial charge in [0.2, 0.25) is 0 Å². The summed E-state index contributed by atoms with van der Waals surface area (Å²) in [5.41, 5.74) is 1.37. The summed E-state index contributed by atoms with van der Waals surface area (Å²) in [6.45, 7) is 9.42. The first-order valence-electron chi connectivity index (χ1n) is 5.71. The lowest BCUT2D eigenvalue weighted by atomic mass is 10.3. The van der Waals surface area contributed by atoms with E-state index in [1.807, 2.05) is 6.20 Å². The smallest absolute Gasteiger partial charge is 0.0452 e. The quantitative estimate of drug-likeness (QED) is 0.780. The van der Waals surface area contributed by atoms with Crippen LogP contribution in [-0.4, -0.2) is 46.9 Å². The Balaban J connectivity index is 1.83. The van der Waals surface area contributed by atoms with Crippen LogP contribution in [0.3, 0.4) is 0 Å². The fourth-order valence-electron chi connectivity index (χ4n) is 2.06. The van der Waals surface area contributed by atoms with Crippen molar-refractivity contribution in [2.45, 2.75) is 19.9 Å². The first kappa shape index (κ1) is 11.0. The maximum absolute atomic E-state index is 4.15. The van der Waals surface area contributed by atoms with Crippen molar-refractivity contribution in [3.63, 3.8) is 0 Å². The van der Waals surface area contributed by atoms with Crippen molar-refractivity contribution >= 4 is 11.5 Å². The van der Waals surface area contributed by atoms with Crippen LogP contribution in [0.1, 0.15) is 18.9 Å². The van der Waals surface area contributed by atoms with Crippen LogP contribution in [0, 0.1) is 0 Å². The molecule has 1 aromatic heterocycles. The molecule has 2 rings (SSSR count). The molecule has 1 aliphatic heterocycles. The summed E-state index contributed by atoms with van der Waals surface area (Å²) in [4.78, 5) is 5.07. The third-order valence-electron chi connectivity index (χ3n) is 3.02. The van der Waals surface area contributed by atoms with E-state index >= 15 is 0 Å². The molecule has 0 aromatic carbocycles. The Kier molecular flexibility index (Phi) is 4.11. The van der Waals surface area contributed by atoms with Crippen molar-refractivity contribution in [2.75, 3.05) is 32.7 Å². The van der Waals surface area contributed by atoms with E-state index in [0.717, 1.165) is 6.54 Å². The molecule has 0 saturated carbocycles. The minimum atomic E-state index is 1.08. The van der Waals surface area contributed by atoms with Crippen LogP contribution in [0.15, 0.2) is 11.6 Å². The van der Waals surface area contributed by atoms with Crippen LogP contribution in [-0.2, 0) is 6.54 Å². The Hall–Kier alpha value is -0.450. The molecule has 15 heavy (non-hydrogen) atoms. The number of nitrogens with zero attached hydrogens (tertiary/aromatic N) is 3. The van der Waals surface area contributed by atoms with Gasteiger partial charge in [-0.2, -0.15) is 0 Å². The first-order valence-corrected chi connectivity index (χ1v) is 6.55. The predicted octanol–water partition coefficient (Wildman–Crippen LogP) is 1.67. The number of hydrogen-bond acceptors (Lipinski definition) is 4. The van der Waals surface area contributed by atoms with E-state index in [9.17, 15) is 0 Å². The molecule has 0 spiro atoms. The fraction of sp³-hybridized carbons (Fsp3) is 0.727. The van der Waals surface area contributed by atoms with Crippen molar-refractivity contribution < 1.29 is 0 Å². The van der Waals surface area contributed by atoms with E-state index in [0.29, 0.717) is 0 Å². The number of aromatic nitrogens is 1. The minimum Gasteiger partial charge on any atom is -0.302 e. The summed E-state index contributed by atoms with van der Waals surface area (Å²) in [6.07, 6.45) is 3.29. The molecular formula is C11H19N3S. The maximum Gasteiger partial charge on any atom is 0.0452 e. The molecule has 1 saturated heterocycles. The van der Waals surface area contributed by atoms with E-state index in [1.165, 1.54) is 44.7 Å². The summed E-state index contributed by atoms with van der Waals surface area (Å²) in [6, 6.07) is 0. The molecule has 0 N–H and O–H groups in total. The van der Waals surface area contributed by atoms with Gasteiger partial charge in [-0.15, -0.1) is 0 Å². The third kappa shape index (κ3) is 3.26. The van der Waals surface area contributed by atoms with Crippen molar-refractivity contribution in [3.8, 4) is 0 Å². The van der Waals surface area contributed by atoms with Gasteiger partial charge in [0, 0.05) is 31.2 Å². The van der Waals surface area contributed by atoms with E-state index in [-0.39, 0.29) is 0 Å². The minimum absolute atomic E-state index is 1.08. The molecule has 0 aliphatic carbocycles. The summed E-state index contributed by atoms with van der Waals surface area (Å²) in [5, 5.41) is 2.16. The SMILES string of the molecule is CCN1CCCN(Cc2cnsc2)CC1. The third-order valence-corrected chi connectivity index (χ3v) is 3.65. The normalized spacial score (nSPS) is 20.3. The predicted molar refractivity (Wildman–Crippen MR) is 64.1 cm³/mol. The van der Waals surface area contributed by atoms with E-state index in [1.54, 1.807) is 11.5 Å². The monoisotopic (exact) mass is 225 g/mol. The summed E-state index contributed by atoms with van der Waals surface area (Å²) >= 11 is 1.55. The van der Waals surface area contributed by atoms with E-state index in [4.69, 9.17) is 0 Å². The topological polar surface area (TPSA) is 19.4 Å². The van der Waals surface area contributed by atoms with Crippen LogP contribution in [0.2, 0.25) is 0 Å². The van der Waals surface area contributed by atoms with Crippen LogP contribution < -0.4 is 0 Å². The molecule has 1 aromatic rings. The highest BCUT2D eigenvalue weighted by Crippen LogP contribution is 2.09. The largest absolute Gasteiger partial charge is 0.302 e. The molecule has 0 amide bonds. The van der Waals surface area contributed by atoms with Gasteiger partial charge in [-0.05, 0) is 43.2 Å². The van der Waals surface area contributed by atoms with Crippen LogP contribution in [0.25, 0.3) is 0 Å². The summed E-state index contributed by atoms with van der Waals surface area (Å²) < 4.78 is 4.15. The van der Waals surface area contributed by atoms with Gasteiger partial charge in [0.1, 0.15) is 0 Å². The average molecular weight is 225 g/mol. The van der Waals surface area contributed by atoms with Gasteiger partial charge in [-0.1, -0.05) is 6.92 Å². The number of likely N-dealkylation sites (N-methyl/N-ethyl adjacent to an activating group) is 1. The molecule has 84 valence electrons. The van der Waals surface area contributed by atoms with Gasteiger partial charge in [-0.25, -0.2) is 4.37 Å². The zero-order chi connectivity index (χ0) is 10.5. The van der Waals surface area contributed by atoms with Gasteiger partial charge in [0.25, 0.3) is 0 Å². The average Bonchev–Trinajstić information content (AvgIpc) is 2.64.